The zero-order valence-electron chi connectivity index (χ0n) is 14.2. The third-order valence-electron chi connectivity index (χ3n) is 7.59. The van der Waals surface area contributed by atoms with Gasteiger partial charge in [-0.1, -0.05) is 60.7 Å². The summed E-state index contributed by atoms with van der Waals surface area (Å²) in [7, 11) is 0. The van der Waals surface area contributed by atoms with E-state index in [2.05, 4.69) is 60.7 Å². The molecule has 4 aromatic carbocycles. The van der Waals surface area contributed by atoms with Crippen LogP contribution >= 0.6 is 0 Å². The molecule has 0 radical (unpaired) electrons. The molecule has 4 unspecified atom stereocenters. The zero-order valence-corrected chi connectivity index (χ0v) is 14.2. The van der Waals surface area contributed by atoms with Gasteiger partial charge in [-0.15, -0.1) is 0 Å². The van der Waals surface area contributed by atoms with Crippen molar-refractivity contribution in [1.82, 2.24) is 0 Å². The lowest BCUT2D eigenvalue weighted by molar-refractivity contribution is 0.367. The van der Waals surface area contributed by atoms with Crippen molar-refractivity contribution in [2.24, 2.45) is 11.8 Å². The summed E-state index contributed by atoms with van der Waals surface area (Å²) in [6, 6.07) is 23.2. The van der Waals surface area contributed by atoms with Crippen LogP contribution in [0.25, 0.3) is 32.3 Å². The molecule has 3 aliphatic rings. The molecule has 0 heteroatoms. The topological polar surface area (TPSA) is 0 Å². The highest BCUT2D eigenvalue weighted by molar-refractivity contribution is 6.27. The molecule has 4 atom stereocenters. The van der Waals surface area contributed by atoms with Crippen LogP contribution in [0.2, 0.25) is 0 Å². The molecule has 120 valence electrons. The summed E-state index contributed by atoms with van der Waals surface area (Å²) in [5.41, 5.74) is 3.31. The zero-order chi connectivity index (χ0) is 16.1. The molecular weight excluding hydrogens is 300 g/mol. The molecule has 0 amide bonds. The van der Waals surface area contributed by atoms with E-state index in [-0.39, 0.29) is 0 Å². The van der Waals surface area contributed by atoms with E-state index in [9.17, 15) is 0 Å². The summed E-state index contributed by atoms with van der Waals surface area (Å²) in [5.74, 6) is 3.36. The van der Waals surface area contributed by atoms with Gasteiger partial charge in [-0.2, -0.15) is 0 Å². The maximum Gasteiger partial charge on any atom is -0.00554 e. The summed E-state index contributed by atoms with van der Waals surface area (Å²) in [4.78, 5) is 0. The Morgan fingerprint density at radius 3 is 1.52 bits per heavy atom. The van der Waals surface area contributed by atoms with E-state index in [1.807, 2.05) is 0 Å². The van der Waals surface area contributed by atoms with Crippen LogP contribution in [0.3, 0.4) is 0 Å². The minimum atomic E-state index is 0.765. The number of hydrogen-bond donors (Lipinski definition) is 0. The molecular formula is C25H20. The highest BCUT2D eigenvalue weighted by Gasteiger charge is 2.51. The normalized spacial score (nSPS) is 29.1. The van der Waals surface area contributed by atoms with Gasteiger partial charge in [-0.05, 0) is 86.4 Å². The van der Waals surface area contributed by atoms with Gasteiger partial charge in [0.05, 0.1) is 0 Å². The second-order valence-corrected chi connectivity index (χ2v) is 8.47. The lowest BCUT2D eigenvalue weighted by Crippen LogP contribution is -2.22. The van der Waals surface area contributed by atoms with Gasteiger partial charge >= 0.3 is 0 Å². The van der Waals surface area contributed by atoms with Gasteiger partial charge in [0, 0.05) is 0 Å². The Morgan fingerprint density at radius 1 is 0.520 bits per heavy atom. The molecule has 4 aromatic rings. The summed E-state index contributed by atoms with van der Waals surface area (Å²) < 4.78 is 0. The largest absolute Gasteiger partial charge is 0.0616 e. The van der Waals surface area contributed by atoms with Crippen LogP contribution in [0.5, 0.6) is 0 Å². The molecule has 0 spiro atoms. The molecule has 0 aromatic heterocycles. The maximum atomic E-state index is 2.45. The van der Waals surface area contributed by atoms with Crippen LogP contribution in [0, 0.1) is 11.8 Å². The molecule has 2 saturated carbocycles. The van der Waals surface area contributed by atoms with Crippen LogP contribution in [0.15, 0.2) is 60.7 Å². The Hall–Kier alpha value is -2.34. The average Bonchev–Trinajstić information content (AvgIpc) is 3.29. The standard InChI is InChI=1S/C25H20/c1-2-6-17-16(5-1)18-7-3-9-20-22-14-11-12-15(13-14)23(22)21-10-4-8-19(17)25(21)24(18)20/h1-10,14-15,22-23H,11-13H2. The van der Waals surface area contributed by atoms with E-state index < -0.39 is 0 Å². The van der Waals surface area contributed by atoms with Crippen molar-refractivity contribution in [2.45, 2.75) is 31.1 Å². The molecule has 2 fully saturated rings. The van der Waals surface area contributed by atoms with Gasteiger partial charge in [0.2, 0.25) is 0 Å². The average molecular weight is 320 g/mol. The van der Waals surface area contributed by atoms with Crippen molar-refractivity contribution >= 4 is 32.3 Å². The highest BCUT2D eigenvalue weighted by atomic mass is 14.5. The first kappa shape index (κ1) is 12.9. The predicted octanol–water partition coefficient (Wildman–Crippen LogP) is 6.76. The smallest absolute Gasteiger partial charge is 0.00554 e. The first-order valence-corrected chi connectivity index (χ1v) is 9.78. The SMILES string of the molecule is c1ccc2c(c1)c1cccc3c1c1c(cccc21)C1C2CCC(C2)C31. The fourth-order valence-corrected chi connectivity index (χ4v) is 6.84. The Bertz CT molecular complexity index is 1100. The van der Waals surface area contributed by atoms with E-state index >= 15 is 0 Å². The molecule has 7 rings (SSSR count). The van der Waals surface area contributed by atoms with E-state index in [1.54, 1.807) is 21.9 Å². The van der Waals surface area contributed by atoms with Crippen molar-refractivity contribution in [3.8, 4) is 0 Å². The van der Waals surface area contributed by atoms with Gasteiger partial charge in [0.25, 0.3) is 0 Å². The second-order valence-electron chi connectivity index (χ2n) is 8.47. The quantitative estimate of drug-likeness (QED) is 0.314. The third kappa shape index (κ3) is 1.39. The molecule has 2 bridgehead atoms. The molecule has 0 saturated heterocycles. The van der Waals surface area contributed by atoms with E-state index in [1.165, 1.54) is 40.8 Å². The molecule has 3 aliphatic carbocycles. The van der Waals surface area contributed by atoms with Gasteiger partial charge in [0.1, 0.15) is 0 Å². The van der Waals surface area contributed by atoms with Gasteiger partial charge in [0.15, 0.2) is 0 Å². The minimum absolute atomic E-state index is 0.765. The summed E-state index contributed by atoms with van der Waals surface area (Å²) in [5, 5.41) is 8.92. The minimum Gasteiger partial charge on any atom is -0.0616 e. The number of benzene rings is 4. The fourth-order valence-electron chi connectivity index (χ4n) is 6.84. The maximum absolute atomic E-state index is 2.45. The van der Waals surface area contributed by atoms with Gasteiger partial charge in [-0.25, -0.2) is 0 Å². The van der Waals surface area contributed by atoms with E-state index in [0.717, 1.165) is 23.7 Å². The lowest BCUT2D eigenvalue weighted by Gasteiger charge is -2.37. The van der Waals surface area contributed by atoms with Crippen LogP contribution in [0.1, 0.15) is 42.2 Å². The molecule has 25 heavy (non-hydrogen) atoms. The van der Waals surface area contributed by atoms with Crippen molar-refractivity contribution in [3.05, 3.63) is 71.8 Å². The van der Waals surface area contributed by atoms with Crippen molar-refractivity contribution in [3.63, 3.8) is 0 Å². The first-order chi connectivity index (χ1) is 12.4. The van der Waals surface area contributed by atoms with Crippen molar-refractivity contribution in [1.29, 1.82) is 0 Å². The number of rotatable bonds is 0. The predicted molar refractivity (Wildman–Crippen MR) is 105 cm³/mol. The van der Waals surface area contributed by atoms with E-state index in [0.29, 0.717) is 0 Å². The number of fused-ring (bicyclic) bond motifs is 10. The Labute approximate surface area is 147 Å². The molecule has 0 nitrogen and oxygen atoms in total. The lowest BCUT2D eigenvalue weighted by atomic mass is 9.66. The summed E-state index contributed by atoms with van der Waals surface area (Å²) in [6.07, 6.45) is 4.35. The monoisotopic (exact) mass is 320 g/mol. The molecule has 0 N–H and O–H groups in total. The Balaban J connectivity index is 1.80. The Kier molecular flexibility index (Phi) is 2.20. The van der Waals surface area contributed by atoms with E-state index in [4.69, 9.17) is 0 Å². The van der Waals surface area contributed by atoms with Crippen LogP contribution in [-0.2, 0) is 0 Å². The highest BCUT2D eigenvalue weighted by Crippen LogP contribution is 2.65. The van der Waals surface area contributed by atoms with Crippen LogP contribution < -0.4 is 0 Å². The van der Waals surface area contributed by atoms with Gasteiger partial charge < -0.3 is 0 Å². The Morgan fingerprint density at radius 2 is 1.00 bits per heavy atom. The molecule has 0 aliphatic heterocycles. The molecule has 0 heterocycles. The summed E-state index contributed by atoms with van der Waals surface area (Å²) in [6.45, 7) is 0. The van der Waals surface area contributed by atoms with Crippen molar-refractivity contribution in [2.75, 3.05) is 0 Å². The van der Waals surface area contributed by atoms with Crippen LogP contribution in [0.4, 0.5) is 0 Å². The second kappa shape index (κ2) is 4.25. The first-order valence-electron chi connectivity index (χ1n) is 9.78. The summed E-state index contributed by atoms with van der Waals surface area (Å²) >= 11 is 0. The van der Waals surface area contributed by atoms with Gasteiger partial charge in [-0.3, -0.25) is 0 Å². The third-order valence-corrected chi connectivity index (χ3v) is 7.59. The van der Waals surface area contributed by atoms with Crippen molar-refractivity contribution < 1.29 is 0 Å². The number of hydrogen-bond acceptors (Lipinski definition) is 0. The van der Waals surface area contributed by atoms with Crippen LogP contribution in [-0.4, -0.2) is 0 Å². The fraction of sp³-hybridized carbons (Fsp3) is 0.280.